The monoisotopic (exact) mass is 268 g/mol. The molecule has 0 aliphatic heterocycles. The molecule has 0 aliphatic carbocycles. The Morgan fingerprint density at radius 1 is 1.41 bits per heavy atom. The van der Waals surface area contributed by atoms with E-state index in [2.05, 4.69) is 33.2 Å². The van der Waals surface area contributed by atoms with E-state index in [0.717, 1.165) is 30.3 Å². The number of hydrogen-bond acceptors (Lipinski definition) is 5. The van der Waals surface area contributed by atoms with Crippen LogP contribution in [0.5, 0.6) is 0 Å². The van der Waals surface area contributed by atoms with Gasteiger partial charge in [0.05, 0.1) is 18.9 Å². The van der Waals surface area contributed by atoms with Crippen LogP contribution >= 0.6 is 22.7 Å². The van der Waals surface area contributed by atoms with Gasteiger partial charge in [0, 0.05) is 23.2 Å². The molecule has 2 aromatic heterocycles. The normalized spacial score (nSPS) is 10.9. The van der Waals surface area contributed by atoms with Crippen LogP contribution in [0.25, 0.3) is 0 Å². The fraction of sp³-hybridized carbons (Fsp3) is 0.417. The molecule has 0 amide bonds. The van der Waals surface area contributed by atoms with Gasteiger partial charge in [-0.25, -0.2) is 4.98 Å². The molecular weight excluding hydrogens is 252 g/mol. The lowest BCUT2D eigenvalue weighted by Gasteiger charge is -2.00. The van der Waals surface area contributed by atoms with E-state index in [9.17, 15) is 0 Å². The molecule has 3 nitrogen and oxygen atoms in total. The van der Waals surface area contributed by atoms with Crippen molar-refractivity contribution in [3.05, 3.63) is 38.5 Å². The van der Waals surface area contributed by atoms with Gasteiger partial charge in [-0.2, -0.15) is 0 Å². The molecule has 1 N–H and O–H groups in total. The molecule has 5 heteroatoms. The molecule has 0 saturated heterocycles. The first kappa shape index (κ1) is 12.7. The molecule has 17 heavy (non-hydrogen) atoms. The smallest absolute Gasteiger partial charge is 0.107 e. The third kappa shape index (κ3) is 4.20. The predicted octanol–water partition coefficient (Wildman–Crippen LogP) is 2.68. The zero-order valence-corrected chi connectivity index (χ0v) is 11.4. The van der Waals surface area contributed by atoms with Crippen LogP contribution in [-0.4, -0.2) is 18.6 Å². The van der Waals surface area contributed by atoms with Gasteiger partial charge in [0.15, 0.2) is 0 Å². The third-order valence-electron chi connectivity index (χ3n) is 2.25. The summed E-state index contributed by atoms with van der Waals surface area (Å²) in [5.41, 5.74) is 1.03. The molecular formula is C12H16N2OS2. The summed E-state index contributed by atoms with van der Waals surface area (Å²) >= 11 is 3.46. The Balaban J connectivity index is 1.67. The van der Waals surface area contributed by atoms with Gasteiger partial charge in [-0.3, -0.25) is 0 Å². The Bertz CT molecular complexity index is 425. The van der Waals surface area contributed by atoms with Crippen molar-refractivity contribution in [1.29, 1.82) is 0 Å². The number of thiophene rings is 1. The topological polar surface area (TPSA) is 34.2 Å². The summed E-state index contributed by atoms with van der Waals surface area (Å²) in [4.78, 5) is 5.84. The largest absolute Gasteiger partial charge is 0.375 e. The Morgan fingerprint density at radius 3 is 3.12 bits per heavy atom. The van der Waals surface area contributed by atoms with Crippen molar-refractivity contribution < 1.29 is 4.74 Å². The summed E-state index contributed by atoms with van der Waals surface area (Å²) in [6, 6.07) is 4.21. The summed E-state index contributed by atoms with van der Waals surface area (Å²) in [5, 5.41) is 8.37. The zero-order chi connectivity index (χ0) is 11.9. The van der Waals surface area contributed by atoms with Crippen LogP contribution in [0.3, 0.4) is 0 Å². The number of nitrogens with zero attached hydrogens (tertiary/aromatic N) is 1. The van der Waals surface area contributed by atoms with Crippen LogP contribution in [0.15, 0.2) is 22.9 Å². The minimum absolute atomic E-state index is 0.617. The summed E-state index contributed by atoms with van der Waals surface area (Å²) in [5.74, 6) is 0. The summed E-state index contributed by atoms with van der Waals surface area (Å²) in [6.45, 7) is 2.21. The highest BCUT2D eigenvalue weighted by molar-refractivity contribution is 7.10. The van der Waals surface area contributed by atoms with E-state index in [-0.39, 0.29) is 0 Å². The molecule has 0 fully saturated rings. The second kappa shape index (κ2) is 6.86. The molecule has 0 aromatic carbocycles. The van der Waals surface area contributed by atoms with Crippen LogP contribution in [0.1, 0.15) is 15.6 Å². The first-order valence-electron chi connectivity index (χ1n) is 5.56. The zero-order valence-electron chi connectivity index (χ0n) is 9.81. The van der Waals surface area contributed by atoms with Gasteiger partial charge in [0.25, 0.3) is 0 Å². The predicted molar refractivity (Wildman–Crippen MR) is 72.6 cm³/mol. The van der Waals surface area contributed by atoms with Gasteiger partial charge in [0.2, 0.25) is 0 Å². The lowest BCUT2D eigenvalue weighted by Crippen LogP contribution is -2.05. The minimum Gasteiger partial charge on any atom is -0.375 e. The number of ether oxygens (including phenoxy) is 1. The Kier molecular flexibility index (Phi) is 5.12. The van der Waals surface area contributed by atoms with Crippen LogP contribution in [0, 0.1) is 0 Å². The number of hydrogen-bond donors (Lipinski definition) is 1. The van der Waals surface area contributed by atoms with Crippen molar-refractivity contribution in [2.45, 2.75) is 19.6 Å². The van der Waals surface area contributed by atoms with Gasteiger partial charge < -0.3 is 10.1 Å². The lowest BCUT2D eigenvalue weighted by molar-refractivity contribution is 0.122. The molecule has 2 heterocycles. The highest BCUT2D eigenvalue weighted by Gasteiger charge is 2.01. The fourth-order valence-electron chi connectivity index (χ4n) is 1.45. The Morgan fingerprint density at radius 2 is 2.35 bits per heavy atom. The van der Waals surface area contributed by atoms with E-state index < -0.39 is 0 Å². The first-order valence-corrected chi connectivity index (χ1v) is 7.32. The molecule has 0 unspecified atom stereocenters. The second-order valence-corrected chi connectivity index (χ2v) is 5.62. The summed E-state index contributed by atoms with van der Waals surface area (Å²) in [7, 11) is 1.93. The molecule has 0 aliphatic rings. The summed E-state index contributed by atoms with van der Waals surface area (Å²) < 4.78 is 5.61. The van der Waals surface area contributed by atoms with Crippen LogP contribution < -0.4 is 5.32 Å². The Labute approximate surface area is 109 Å². The van der Waals surface area contributed by atoms with Crippen molar-refractivity contribution in [2.75, 3.05) is 13.7 Å². The van der Waals surface area contributed by atoms with E-state index in [1.807, 2.05) is 7.05 Å². The van der Waals surface area contributed by atoms with Crippen LogP contribution in [0.2, 0.25) is 0 Å². The lowest BCUT2D eigenvalue weighted by atomic mass is 10.4. The molecule has 0 spiro atoms. The molecule has 2 rings (SSSR count). The fourth-order valence-corrected chi connectivity index (χ4v) is 2.93. The molecule has 0 bridgehead atoms. The van der Waals surface area contributed by atoms with Crippen molar-refractivity contribution in [2.24, 2.45) is 0 Å². The number of aromatic nitrogens is 1. The second-order valence-electron chi connectivity index (χ2n) is 3.64. The minimum atomic E-state index is 0.617. The summed E-state index contributed by atoms with van der Waals surface area (Å²) in [6.07, 6.45) is 0.991. The van der Waals surface area contributed by atoms with E-state index in [4.69, 9.17) is 4.74 Å². The van der Waals surface area contributed by atoms with Gasteiger partial charge in [-0.1, -0.05) is 6.07 Å². The average molecular weight is 268 g/mol. The van der Waals surface area contributed by atoms with Gasteiger partial charge in [-0.05, 0) is 18.5 Å². The van der Waals surface area contributed by atoms with Crippen molar-refractivity contribution in [3.8, 4) is 0 Å². The molecule has 0 radical (unpaired) electrons. The van der Waals surface area contributed by atoms with E-state index in [0.29, 0.717) is 6.61 Å². The van der Waals surface area contributed by atoms with Crippen molar-refractivity contribution >= 4 is 22.7 Å². The van der Waals surface area contributed by atoms with Crippen LogP contribution in [0.4, 0.5) is 0 Å². The van der Waals surface area contributed by atoms with Gasteiger partial charge in [0.1, 0.15) is 5.01 Å². The molecule has 92 valence electrons. The highest BCUT2D eigenvalue weighted by Crippen LogP contribution is 2.12. The van der Waals surface area contributed by atoms with Gasteiger partial charge >= 0.3 is 0 Å². The quantitative estimate of drug-likeness (QED) is 0.784. The Hall–Kier alpha value is -0.750. The molecule has 2 aromatic rings. The third-order valence-corrected chi connectivity index (χ3v) is 4.08. The van der Waals surface area contributed by atoms with Gasteiger partial charge in [-0.15, -0.1) is 22.7 Å². The van der Waals surface area contributed by atoms with Crippen molar-refractivity contribution in [1.82, 2.24) is 10.3 Å². The van der Waals surface area contributed by atoms with E-state index in [1.54, 1.807) is 22.7 Å². The van der Waals surface area contributed by atoms with Crippen LogP contribution in [-0.2, 0) is 24.3 Å². The maximum absolute atomic E-state index is 5.61. The number of nitrogens with one attached hydrogen (secondary N) is 1. The first-order chi connectivity index (χ1) is 8.38. The number of thiazole rings is 1. The maximum Gasteiger partial charge on any atom is 0.107 e. The van der Waals surface area contributed by atoms with Crippen molar-refractivity contribution in [3.63, 3.8) is 0 Å². The standard InChI is InChI=1S/C12H16N2OS2/c1-13-7-12-14-10(9-17-12)8-15-5-4-11-3-2-6-16-11/h2-3,6,9,13H,4-5,7-8H2,1H3. The SMILES string of the molecule is CNCc1nc(COCCc2cccs2)cs1. The van der Waals surface area contributed by atoms with E-state index in [1.165, 1.54) is 4.88 Å². The highest BCUT2D eigenvalue weighted by atomic mass is 32.1. The average Bonchev–Trinajstić information content (AvgIpc) is 2.96. The maximum atomic E-state index is 5.61. The number of rotatable bonds is 7. The van der Waals surface area contributed by atoms with E-state index >= 15 is 0 Å². The molecule has 0 atom stereocenters. The molecule has 0 saturated carbocycles.